The molecule has 2 aromatic rings. The van der Waals surface area contributed by atoms with Gasteiger partial charge in [0.25, 0.3) is 5.91 Å². The first kappa shape index (κ1) is 14.8. The normalized spacial score (nSPS) is 14.7. The summed E-state index contributed by atoms with van der Waals surface area (Å²) in [5, 5.41) is 3.11. The third-order valence-electron chi connectivity index (χ3n) is 3.67. The molecular weight excluding hydrogens is 300 g/mol. The highest BCUT2D eigenvalue weighted by atomic mass is 35.5. The minimum atomic E-state index is -0.225. The molecule has 1 aliphatic rings. The Morgan fingerprint density at radius 1 is 1.14 bits per heavy atom. The van der Waals surface area contributed by atoms with Crippen molar-refractivity contribution in [1.29, 1.82) is 0 Å². The molecule has 0 aromatic carbocycles. The number of nitrogens with one attached hydrogen (secondary N) is 1. The van der Waals surface area contributed by atoms with Gasteiger partial charge in [-0.15, -0.1) is 0 Å². The van der Waals surface area contributed by atoms with Crippen LogP contribution < -0.4 is 10.2 Å². The first-order valence-corrected chi connectivity index (χ1v) is 7.74. The largest absolute Gasteiger partial charge is 0.357 e. The van der Waals surface area contributed by atoms with E-state index in [0.717, 1.165) is 18.9 Å². The number of rotatable bonds is 3. The van der Waals surface area contributed by atoms with Crippen molar-refractivity contribution in [2.45, 2.75) is 19.3 Å². The molecule has 1 aliphatic heterocycles. The van der Waals surface area contributed by atoms with Gasteiger partial charge in [0.2, 0.25) is 0 Å². The molecule has 0 saturated carbocycles. The van der Waals surface area contributed by atoms with Gasteiger partial charge < -0.3 is 10.2 Å². The number of aromatic nitrogens is 2. The zero-order chi connectivity index (χ0) is 15.4. The molecule has 5 nitrogen and oxygen atoms in total. The van der Waals surface area contributed by atoms with Crippen LogP contribution in [-0.4, -0.2) is 29.0 Å². The Morgan fingerprint density at radius 2 is 1.95 bits per heavy atom. The number of halogens is 1. The van der Waals surface area contributed by atoms with Gasteiger partial charge >= 0.3 is 0 Å². The summed E-state index contributed by atoms with van der Waals surface area (Å²) >= 11 is 5.79. The molecule has 3 heterocycles. The predicted molar refractivity (Wildman–Crippen MR) is 87.5 cm³/mol. The van der Waals surface area contributed by atoms with Crippen molar-refractivity contribution in [2.24, 2.45) is 0 Å². The Morgan fingerprint density at radius 3 is 2.64 bits per heavy atom. The molecule has 6 heteroatoms. The maximum atomic E-state index is 12.1. The Labute approximate surface area is 134 Å². The number of carbonyl (C=O) groups is 1. The fourth-order valence-corrected chi connectivity index (χ4v) is 2.69. The maximum absolute atomic E-state index is 12.1. The third-order valence-corrected chi connectivity index (χ3v) is 3.88. The molecule has 1 N–H and O–H groups in total. The monoisotopic (exact) mass is 316 g/mol. The zero-order valence-electron chi connectivity index (χ0n) is 12.1. The van der Waals surface area contributed by atoms with Crippen molar-refractivity contribution < 1.29 is 4.79 Å². The number of anilines is 2. The molecule has 114 valence electrons. The summed E-state index contributed by atoms with van der Waals surface area (Å²) in [7, 11) is 0. The summed E-state index contributed by atoms with van der Waals surface area (Å²) < 4.78 is 0. The number of hydrogen-bond donors (Lipinski definition) is 1. The first-order valence-electron chi connectivity index (χ1n) is 7.36. The number of pyridine rings is 2. The van der Waals surface area contributed by atoms with Crippen molar-refractivity contribution in [3.05, 3.63) is 47.4 Å². The van der Waals surface area contributed by atoms with Crippen LogP contribution in [0.1, 0.15) is 29.6 Å². The molecule has 0 aliphatic carbocycles. The number of carbonyl (C=O) groups excluding carboxylic acids is 1. The van der Waals surface area contributed by atoms with E-state index < -0.39 is 0 Å². The summed E-state index contributed by atoms with van der Waals surface area (Å²) in [5.74, 6) is 0.737. The van der Waals surface area contributed by atoms with E-state index >= 15 is 0 Å². The Hall–Kier alpha value is -2.14. The van der Waals surface area contributed by atoms with Crippen molar-refractivity contribution in [3.63, 3.8) is 0 Å². The molecule has 1 fully saturated rings. The summed E-state index contributed by atoms with van der Waals surface area (Å²) in [4.78, 5) is 22.7. The van der Waals surface area contributed by atoms with Gasteiger partial charge in [-0.1, -0.05) is 11.6 Å². The molecule has 22 heavy (non-hydrogen) atoms. The van der Waals surface area contributed by atoms with Gasteiger partial charge in [0, 0.05) is 24.8 Å². The quantitative estimate of drug-likeness (QED) is 0.882. The first-order chi connectivity index (χ1) is 10.7. The zero-order valence-corrected chi connectivity index (χ0v) is 12.9. The van der Waals surface area contributed by atoms with Gasteiger partial charge in [0.05, 0.1) is 11.9 Å². The smallest absolute Gasteiger partial charge is 0.255 e. The van der Waals surface area contributed by atoms with Crippen LogP contribution in [0.3, 0.4) is 0 Å². The molecular formula is C16H17ClN4O. The second-order valence-corrected chi connectivity index (χ2v) is 5.66. The minimum absolute atomic E-state index is 0.225. The van der Waals surface area contributed by atoms with Gasteiger partial charge in [-0.05, 0) is 43.5 Å². The molecule has 0 atom stereocenters. The average molecular weight is 317 g/mol. The van der Waals surface area contributed by atoms with Crippen molar-refractivity contribution in [1.82, 2.24) is 9.97 Å². The van der Waals surface area contributed by atoms with Crippen LogP contribution in [0, 0.1) is 0 Å². The van der Waals surface area contributed by atoms with Gasteiger partial charge in [-0.25, -0.2) is 9.97 Å². The minimum Gasteiger partial charge on any atom is -0.357 e. The highest BCUT2D eigenvalue weighted by molar-refractivity contribution is 6.29. The number of nitrogens with zero attached hydrogens (tertiary/aromatic N) is 3. The van der Waals surface area contributed by atoms with Crippen LogP contribution >= 0.6 is 11.6 Å². The van der Waals surface area contributed by atoms with E-state index in [1.165, 1.54) is 31.5 Å². The second kappa shape index (κ2) is 6.75. The van der Waals surface area contributed by atoms with Crippen molar-refractivity contribution in [2.75, 3.05) is 23.3 Å². The number of amides is 1. The predicted octanol–water partition coefficient (Wildman–Crippen LogP) is 3.37. The van der Waals surface area contributed by atoms with E-state index in [-0.39, 0.29) is 5.91 Å². The molecule has 1 saturated heterocycles. The van der Waals surface area contributed by atoms with E-state index in [1.807, 2.05) is 12.1 Å². The molecule has 0 spiro atoms. The Balaban J connectivity index is 1.66. The molecule has 2 aromatic heterocycles. The summed E-state index contributed by atoms with van der Waals surface area (Å²) in [6.45, 7) is 2.10. The highest BCUT2D eigenvalue weighted by Crippen LogP contribution is 2.19. The summed E-state index contributed by atoms with van der Waals surface area (Å²) in [6, 6.07) is 6.97. The van der Waals surface area contributed by atoms with Crippen LogP contribution in [0.15, 0.2) is 36.7 Å². The number of piperidine rings is 1. The van der Waals surface area contributed by atoms with Crippen molar-refractivity contribution in [3.8, 4) is 0 Å². The van der Waals surface area contributed by atoms with Gasteiger partial charge in [-0.3, -0.25) is 4.79 Å². The lowest BCUT2D eigenvalue weighted by molar-refractivity contribution is 0.102. The lowest BCUT2D eigenvalue weighted by atomic mass is 10.1. The fourth-order valence-electron chi connectivity index (χ4n) is 2.52. The van der Waals surface area contributed by atoms with Crippen LogP contribution in [0.25, 0.3) is 0 Å². The van der Waals surface area contributed by atoms with Gasteiger partial charge in [0.1, 0.15) is 11.0 Å². The van der Waals surface area contributed by atoms with E-state index in [9.17, 15) is 4.79 Å². The van der Waals surface area contributed by atoms with Crippen LogP contribution in [0.4, 0.5) is 11.5 Å². The summed E-state index contributed by atoms with van der Waals surface area (Å²) in [6.07, 6.45) is 6.91. The maximum Gasteiger partial charge on any atom is 0.255 e. The van der Waals surface area contributed by atoms with E-state index in [1.54, 1.807) is 12.3 Å². The number of hydrogen-bond acceptors (Lipinski definition) is 4. The SMILES string of the molecule is O=C(Nc1ccc(N2CCCCC2)nc1)c1ccnc(Cl)c1. The van der Waals surface area contributed by atoms with E-state index in [4.69, 9.17) is 11.6 Å². The molecule has 3 rings (SSSR count). The standard InChI is InChI=1S/C16H17ClN4O/c17-14-10-12(6-7-18-14)16(22)20-13-4-5-15(19-11-13)21-8-2-1-3-9-21/h4-7,10-11H,1-3,8-9H2,(H,20,22). The van der Waals surface area contributed by atoms with E-state index in [2.05, 4.69) is 20.2 Å². The third kappa shape index (κ3) is 3.54. The average Bonchev–Trinajstić information content (AvgIpc) is 2.56. The molecule has 1 amide bonds. The lowest BCUT2D eigenvalue weighted by Gasteiger charge is -2.27. The van der Waals surface area contributed by atoms with Crippen LogP contribution in [0.5, 0.6) is 0 Å². The van der Waals surface area contributed by atoms with E-state index in [0.29, 0.717) is 16.4 Å². The van der Waals surface area contributed by atoms with Gasteiger partial charge in [0.15, 0.2) is 0 Å². The highest BCUT2D eigenvalue weighted by Gasteiger charge is 2.12. The van der Waals surface area contributed by atoms with Crippen molar-refractivity contribution >= 4 is 29.0 Å². The molecule has 0 radical (unpaired) electrons. The second-order valence-electron chi connectivity index (χ2n) is 5.27. The molecule has 0 bridgehead atoms. The van der Waals surface area contributed by atoms with Crippen LogP contribution in [0.2, 0.25) is 5.15 Å². The van der Waals surface area contributed by atoms with Crippen LogP contribution in [-0.2, 0) is 0 Å². The summed E-state index contributed by atoms with van der Waals surface area (Å²) in [5.41, 5.74) is 1.14. The topological polar surface area (TPSA) is 58.1 Å². The lowest BCUT2D eigenvalue weighted by Crippen LogP contribution is -2.30. The fraction of sp³-hybridized carbons (Fsp3) is 0.312. The molecule has 0 unspecified atom stereocenters. The Bertz CT molecular complexity index is 653. The van der Waals surface area contributed by atoms with Gasteiger partial charge in [-0.2, -0.15) is 0 Å². The Kier molecular flexibility index (Phi) is 4.53.